The molecule has 2 heterocycles. The molecule has 0 saturated heterocycles. The number of carbonyl (C=O) groups is 1. The number of thioether (sulfide) groups is 1. The smallest absolute Gasteiger partial charge is 0.267 e. The molecule has 0 atom stereocenters. The van der Waals surface area contributed by atoms with Crippen LogP contribution in [0.4, 0.5) is 0 Å². The molecule has 31 heavy (non-hydrogen) atoms. The predicted octanol–water partition coefficient (Wildman–Crippen LogP) is 3.66. The average Bonchev–Trinajstić information content (AvgIpc) is 3.12. The Morgan fingerprint density at radius 2 is 1.84 bits per heavy atom. The number of carbonyl (C=O) groups excluding carboxylic acids is 1. The Labute approximate surface area is 184 Å². The van der Waals surface area contributed by atoms with Crippen molar-refractivity contribution in [1.82, 2.24) is 24.5 Å². The molecule has 0 radical (unpaired) electrons. The number of aromatic nitrogens is 4. The number of fused-ring (bicyclic) bond motifs is 3. The zero-order valence-corrected chi connectivity index (χ0v) is 19.1. The summed E-state index contributed by atoms with van der Waals surface area (Å²) in [5, 5.41) is 12.8. The molecule has 2 aromatic heterocycles. The van der Waals surface area contributed by atoms with Gasteiger partial charge in [-0.2, -0.15) is 0 Å². The van der Waals surface area contributed by atoms with E-state index in [1.165, 1.54) is 11.8 Å². The van der Waals surface area contributed by atoms with Crippen LogP contribution in [0, 0.1) is 13.8 Å². The van der Waals surface area contributed by atoms with Crippen LogP contribution in [0.1, 0.15) is 31.9 Å². The topological polar surface area (TPSA) is 81.3 Å². The highest BCUT2D eigenvalue weighted by Crippen LogP contribution is 2.24. The summed E-state index contributed by atoms with van der Waals surface area (Å²) in [4.78, 5) is 25.8. The molecule has 8 heteroatoms. The number of aryl methyl sites for hydroxylation is 2. The second-order valence-electron chi connectivity index (χ2n) is 8.65. The van der Waals surface area contributed by atoms with Crippen LogP contribution in [0.15, 0.2) is 52.4 Å². The fraction of sp³-hybridized carbons (Fsp3) is 0.304. The Hall–Kier alpha value is -3.13. The monoisotopic (exact) mass is 435 g/mol. The van der Waals surface area contributed by atoms with Gasteiger partial charge in [-0.15, -0.1) is 10.2 Å². The Bertz CT molecular complexity index is 1360. The summed E-state index contributed by atoms with van der Waals surface area (Å²) in [5.74, 6) is 0.548. The van der Waals surface area contributed by atoms with E-state index in [0.717, 1.165) is 16.8 Å². The Morgan fingerprint density at radius 1 is 1.10 bits per heavy atom. The number of nitrogens with zero attached hydrogens (tertiary/aromatic N) is 4. The number of rotatable bonds is 4. The number of amides is 1. The number of hydrogen-bond donors (Lipinski definition) is 1. The van der Waals surface area contributed by atoms with E-state index in [2.05, 4.69) is 15.5 Å². The molecule has 4 aromatic rings. The lowest BCUT2D eigenvalue weighted by molar-refractivity contribution is -0.119. The fourth-order valence-corrected chi connectivity index (χ4v) is 4.27. The van der Waals surface area contributed by atoms with E-state index in [9.17, 15) is 9.59 Å². The molecule has 0 bridgehead atoms. The molecule has 7 nitrogen and oxygen atoms in total. The fourth-order valence-electron chi connectivity index (χ4n) is 3.53. The summed E-state index contributed by atoms with van der Waals surface area (Å²) in [7, 11) is 0. The molecular weight excluding hydrogens is 410 g/mol. The van der Waals surface area contributed by atoms with Gasteiger partial charge in [0, 0.05) is 5.54 Å². The van der Waals surface area contributed by atoms with E-state index in [4.69, 9.17) is 0 Å². The van der Waals surface area contributed by atoms with Crippen LogP contribution in [0.25, 0.3) is 22.4 Å². The highest BCUT2D eigenvalue weighted by atomic mass is 32.2. The maximum absolute atomic E-state index is 13.4. The molecule has 0 unspecified atom stereocenters. The first-order chi connectivity index (χ1) is 14.7. The van der Waals surface area contributed by atoms with Crippen molar-refractivity contribution >= 4 is 34.3 Å². The lowest BCUT2D eigenvalue weighted by atomic mass is 10.1. The first-order valence-electron chi connectivity index (χ1n) is 10.1. The molecular formula is C23H25N5O2S. The van der Waals surface area contributed by atoms with E-state index in [-0.39, 0.29) is 22.8 Å². The maximum atomic E-state index is 13.4. The van der Waals surface area contributed by atoms with Gasteiger partial charge in [0.2, 0.25) is 11.7 Å². The van der Waals surface area contributed by atoms with E-state index in [0.29, 0.717) is 21.8 Å². The van der Waals surface area contributed by atoms with Crippen molar-refractivity contribution in [3.63, 3.8) is 0 Å². The first kappa shape index (κ1) is 21.1. The van der Waals surface area contributed by atoms with Crippen molar-refractivity contribution in [2.75, 3.05) is 5.75 Å². The minimum Gasteiger partial charge on any atom is -0.351 e. The zero-order valence-electron chi connectivity index (χ0n) is 18.3. The van der Waals surface area contributed by atoms with E-state index in [1.54, 1.807) is 10.6 Å². The number of hydrogen-bond acceptors (Lipinski definition) is 5. The van der Waals surface area contributed by atoms with Crippen LogP contribution in [0.2, 0.25) is 0 Å². The van der Waals surface area contributed by atoms with Gasteiger partial charge < -0.3 is 5.32 Å². The van der Waals surface area contributed by atoms with Crippen LogP contribution in [0.3, 0.4) is 0 Å². The summed E-state index contributed by atoms with van der Waals surface area (Å²) < 4.78 is 3.46. The van der Waals surface area contributed by atoms with Crippen molar-refractivity contribution in [1.29, 1.82) is 0 Å². The van der Waals surface area contributed by atoms with Crippen LogP contribution < -0.4 is 10.9 Å². The number of nitrogens with one attached hydrogen (secondary N) is 1. The van der Waals surface area contributed by atoms with Gasteiger partial charge in [0.1, 0.15) is 0 Å². The third-order valence-corrected chi connectivity index (χ3v) is 5.78. The van der Waals surface area contributed by atoms with Crippen molar-refractivity contribution in [3.8, 4) is 5.69 Å². The summed E-state index contributed by atoms with van der Waals surface area (Å²) in [6.45, 7) is 9.79. The molecule has 0 fully saturated rings. The zero-order chi connectivity index (χ0) is 22.3. The predicted molar refractivity (Wildman–Crippen MR) is 124 cm³/mol. The Morgan fingerprint density at radius 3 is 2.58 bits per heavy atom. The minimum atomic E-state index is -0.305. The van der Waals surface area contributed by atoms with Crippen LogP contribution >= 0.6 is 11.8 Å². The van der Waals surface area contributed by atoms with Crippen LogP contribution in [-0.4, -0.2) is 36.4 Å². The van der Waals surface area contributed by atoms with Crippen LogP contribution in [0.5, 0.6) is 0 Å². The SMILES string of the molecule is Cc1ccc(C)c(-n2c(=O)c3ccccc3n3c(SCC(=O)NC(C)(C)C)nnc23)c1. The molecule has 4 rings (SSSR count). The first-order valence-corrected chi connectivity index (χ1v) is 11.0. The van der Waals surface area contributed by atoms with E-state index >= 15 is 0 Å². The second kappa shape index (κ2) is 7.85. The maximum Gasteiger partial charge on any atom is 0.267 e. The van der Waals surface area contributed by atoms with Gasteiger partial charge in [-0.05, 0) is 63.9 Å². The van der Waals surface area contributed by atoms with Crippen molar-refractivity contribution in [3.05, 3.63) is 63.9 Å². The summed E-state index contributed by atoms with van der Waals surface area (Å²) >= 11 is 1.30. The highest BCUT2D eigenvalue weighted by molar-refractivity contribution is 7.99. The molecule has 0 saturated carbocycles. The van der Waals surface area contributed by atoms with Crippen LogP contribution in [-0.2, 0) is 4.79 Å². The largest absolute Gasteiger partial charge is 0.351 e. The van der Waals surface area contributed by atoms with Gasteiger partial charge in [-0.3, -0.25) is 14.0 Å². The van der Waals surface area contributed by atoms with E-state index in [1.807, 2.05) is 75.4 Å². The average molecular weight is 436 g/mol. The third kappa shape index (κ3) is 4.07. The standard InChI is InChI=1S/C23H25N5O2S/c1-14-10-11-15(2)18(12-14)27-20(30)16-8-6-7-9-17(16)28-21(27)25-26-22(28)31-13-19(29)24-23(3,4)5/h6-12H,13H2,1-5H3,(H,24,29). The summed E-state index contributed by atoms with van der Waals surface area (Å²) in [6, 6.07) is 13.4. The minimum absolute atomic E-state index is 0.0820. The Kier molecular flexibility index (Phi) is 5.35. The van der Waals surface area contributed by atoms with Crippen molar-refractivity contribution < 1.29 is 4.79 Å². The second-order valence-corrected chi connectivity index (χ2v) is 9.59. The van der Waals surface area contributed by atoms with Gasteiger partial charge in [-0.25, -0.2) is 4.57 Å². The summed E-state index contributed by atoms with van der Waals surface area (Å²) in [5.41, 5.74) is 3.05. The van der Waals surface area contributed by atoms with Gasteiger partial charge in [0.15, 0.2) is 5.16 Å². The highest BCUT2D eigenvalue weighted by Gasteiger charge is 2.20. The Balaban J connectivity index is 1.91. The third-order valence-electron chi connectivity index (χ3n) is 4.85. The molecule has 0 aliphatic carbocycles. The van der Waals surface area contributed by atoms with Gasteiger partial charge >= 0.3 is 0 Å². The summed E-state index contributed by atoms with van der Waals surface area (Å²) in [6.07, 6.45) is 0. The molecule has 0 aliphatic rings. The van der Waals surface area contributed by atoms with Crippen molar-refractivity contribution in [2.45, 2.75) is 45.3 Å². The lowest BCUT2D eigenvalue weighted by Crippen LogP contribution is -2.41. The lowest BCUT2D eigenvalue weighted by Gasteiger charge is -2.20. The van der Waals surface area contributed by atoms with Gasteiger partial charge in [-0.1, -0.05) is 36.0 Å². The van der Waals surface area contributed by atoms with Gasteiger partial charge in [0.25, 0.3) is 5.56 Å². The van der Waals surface area contributed by atoms with Crippen molar-refractivity contribution in [2.24, 2.45) is 0 Å². The molecule has 1 amide bonds. The molecule has 0 spiro atoms. The molecule has 2 aromatic carbocycles. The quantitative estimate of drug-likeness (QED) is 0.495. The molecule has 160 valence electrons. The normalized spacial score (nSPS) is 11.9. The van der Waals surface area contributed by atoms with Gasteiger partial charge in [0.05, 0.1) is 22.3 Å². The van der Waals surface area contributed by atoms with E-state index < -0.39 is 0 Å². The molecule has 0 aliphatic heterocycles. The number of para-hydroxylation sites is 1. The number of benzene rings is 2. The molecule has 1 N–H and O–H groups in total.